The molecule has 0 radical (unpaired) electrons. The fourth-order valence-corrected chi connectivity index (χ4v) is 3.05. The molecule has 1 aliphatic rings. The Morgan fingerprint density at radius 1 is 1.07 bits per heavy atom. The fourth-order valence-electron chi connectivity index (χ4n) is 3.05. The van der Waals surface area contributed by atoms with Gasteiger partial charge in [-0.05, 0) is 55.9 Å². The van der Waals surface area contributed by atoms with E-state index in [-0.39, 0.29) is 5.56 Å². The predicted molar refractivity (Wildman–Crippen MR) is 105 cm³/mol. The van der Waals surface area contributed by atoms with Gasteiger partial charge in [0.15, 0.2) is 0 Å². The van der Waals surface area contributed by atoms with Gasteiger partial charge in [-0.3, -0.25) is 4.79 Å². The highest BCUT2D eigenvalue weighted by atomic mass is 19.1. The van der Waals surface area contributed by atoms with Crippen LogP contribution < -0.4 is 10.2 Å². The number of amides is 1. The second-order valence-electron chi connectivity index (χ2n) is 6.75. The summed E-state index contributed by atoms with van der Waals surface area (Å²) in [4.78, 5) is 16.7. The van der Waals surface area contributed by atoms with E-state index >= 15 is 0 Å². The van der Waals surface area contributed by atoms with Gasteiger partial charge >= 0.3 is 0 Å². The van der Waals surface area contributed by atoms with Gasteiger partial charge in [-0.15, -0.1) is 0 Å². The van der Waals surface area contributed by atoms with Crippen LogP contribution in [0.4, 0.5) is 20.2 Å². The summed E-state index contributed by atoms with van der Waals surface area (Å²) in [5.74, 6) is -1.84. The van der Waals surface area contributed by atoms with Gasteiger partial charge in [-0.2, -0.15) is 0 Å². The molecule has 0 aromatic heterocycles. The third-order valence-corrected chi connectivity index (χ3v) is 4.74. The highest BCUT2D eigenvalue weighted by Gasteiger charge is 2.15. The summed E-state index contributed by atoms with van der Waals surface area (Å²) in [6.45, 7) is 5.91. The van der Waals surface area contributed by atoms with E-state index in [1.165, 1.54) is 6.07 Å². The van der Waals surface area contributed by atoms with Crippen LogP contribution in [-0.2, 0) is 4.79 Å². The van der Waals surface area contributed by atoms with Crippen molar-refractivity contribution in [2.24, 2.45) is 0 Å². The van der Waals surface area contributed by atoms with Crippen molar-refractivity contribution in [1.29, 1.82) is 0 Å². The minimum atomic E-state index is -0.702. The Balaban J connectivity index is 1.67. The van der Waals surface area contributed by atoms with E-state index < -0.39 is 17.5 Å². The number of nitrogens with one attached hydrogen (secondary N) is 1. The lowest BCUT2D eigenvalue weighted by molar-refractivity contribution is -0.111. The summed E-state index contributed by atoms with van der Waals surface area (Å²) in [5, 5.41) is 2.76. The number of halogens is 2. The first-order valence-electron chi connectivity index (χ1n) is 8.91. The zero-order valence-corrected chi connectivity index (χ0v) is 15.5. The van der Waals surface area contributed by atoms with Crippen molar-refractivity contribution in [3.63, 3.8) is 0 Å². The van der Waals surface area contributed by atoms with E-state index in [4.69, 9.17) is 0 Å². The third-order valence-electron chi connectivity index (χ3n) is 4.74. The lowest BCUT2D eigenvalue weighted by atomic mass is 10.1. The van der Waals surface area contributed by atoms with Crippen LogP contribution in [0, 0.1) is 18.6 Å². The molecule has 0 aliphatic carbocycles. The van der Waals surface area contributed by atoms with Crippen molar-refractivity contribution in [1.82, 2.24) is 4.90 Å². The van der Waals surface area contributed by atoms with E-state index in [9.17, 15) is 13.6 Å². The summed E-state index contributed by atoms with van der Waals surface area (Å²) >= 11 is 0. The number of carbonyl (C=O) groups is 1. The van der Waals surface area contributed by atoms with E-state index in [2.05, 4.69) is 22.2 Å². The summed E-state index contributed by atoms with van der Waals surface area (Å²) in [7, 11) is 2.11. The molecule has 0 saturated carbocycles. The quantitative estimate of drug-likeness (QED) is 0.833. The van der Waals surface area contributed by atoms with Gasteiger partial charge in [-0.1, -0.05) is 6.07 Å². The number of benzene rings is 2. The number of carbonyl (C=O) groups excluding carboxylic acids is 1. The molecule has 1 heterocycles. The van der Waals surface area contributed by atoms with Gasteiger partial charge in [0.05, 0.1) is 0 Å². The topological polar surface area (TPSA) is 35.6 Å². The van der Waals surface area contributed by atoms with Crippen molar-refractivity contribution >= 4 is 23.4 Å². The summed E-state index contributed by atoms with van der Waals surface area (Å²) in [6, 6.07) is 9.48. The first-order valence-corrected chi connectivity index (χ1v) is 8.91. The normalized spacial score (nSPS) is 15.3. The number of likely N-dealkylation sites (N-methyl/N-ethyl adjacent to an activating group) is 1. The minimum absolute atomic E-state index is 0.227. The number of piperazine rings is 1. The van der Waals surface area contributed by atoms with E-state index in [0.29, 0.717) is 5.69 Å². The van der Waals surface area contributed by atoms with Gasteiger partial charge in [0.2, 0.25) is 5.91 Å². The Kier molecular flexibility index (Phi) is 5.86. The largest absolute Gasteiger partial charge is 0.369 e. The monoisotopic (exact) mass is 371 g/mol. The Bertz CT molecular complexity index is 838. The Morgan fingerprint density at radius 2 is 1.74 bits per heavy atom. The fraction of sp³-hybridized carbons (Fsp3) is 0.286. The molecule has 0 bridgehead atoms. The van der Waals surface area contributed by atoms with E-state index in [1.807, 2.05) is 25.1 Å². The SMILES string of the molecule is Cc1cc(N2CCN(C)CC2)ccc1NC(=O)/C=C/c1c(F)cccc1F. The molecule has 1 fully saturated rings. The second kappa shape index (κ2) is 8.31. The molecule has 6 heteroatoms. The molecule has 1 N–H and O–H groups in total. The Labute approximate surface area is 158 Å². The lowest BCUT2D eigenvalue weighted by Gasteiger charge is -2.34. The molecule has 1 aliphatic heterocycles. The molecule has 0 atom stereocenters. The van der Waals surface area contributed by atoms with Gasteiger partial charge in [0.1, 0.15) is 11.6 Å². The molecule has 1 amide bonds. The molecule has 142 valence electrons. The molecule has 0 unspecified atom stereocenters. The molecule has 4 nitrogen and oxygen atoms in total. The van der Waals surface area contributed by atoms with Crippen molar-refractivity contribution in [3.05, 3.63) is 65.2 Å². The lowest BCUT2D eigenvalue weighted by Crippen LogP contribution is -2.44. The molecule has 2 aromatic rings. The molecular formula is C21H23F2N3O. The minimum Gasteiger partial charge on any atom is -0.369 e. The molecule has 0 spiro atoms. The average Bonchev–Trinajstić information content (AvgIpc) is 2.63. The van der Waals surface area contributed by atoms with Gasteiger partial charge < -0.3 is 15.1 Å². The number of hydrogen-bond donors (Lipinski definition) is 1. The molecule has 27 heavy (non-hydrogen) atoms. The van der Waals surface area contributed by atoms with Crippen LogP contribution >= 0.6 is 0 Å². The Hall–Kier alpha value is -2.73. The zero-order valence-electron chi connectivity index (χ0n) is 15.5. The molecule has 1 saturated heterocycles. The van der Waals surface area contributed by atoms with Crippen LogP contribution in [0.1, 0.15) is 11.1 Å². The smallest absolute Gasteiger partial charge is 0.248 e. The molecular weight excluding hydrogens is 348 g/mol. The molecule has 3 rings (SSSR count). The first kappa shape index (κ1) is 19.0. The van der Waals surface area contributed by atoms with Crippen LogP contribution in [0.15, 0.2) is 42.5 Å². The van der Waals surface area contributed by atoms with Crippen LogP contribution in [0.5, 0.6) is 0 Å². The van der Waals surface area contributed by atoms with Crippen LogP contribution in [0.3, 0.4) is 0 Å². The van der Waals surface area contributed by atoms with Crippen molar-refractivity contribution in [3.8, 4) is 0 Å². The maximum Gasteiger partial charge on any atom is 0.248 e. The first-order chi connectivity index (χ1) is 12.9. The highest BCUT2D eigenvalue weighted by Crippen LogP contribution is 2.24. The number of hydrogen-bond acceptors (Lipinski definition) is 3. The number of rotatable bonds is 4. The summed E-state index contributed by atoms with van der Waals surface area (Å²) in [6.07, 6.45) is 2.28. The third kappa shape index (κ3) is 4.71. The second-order valence-corrected chi connectivity index (χ2v) is 6.75. The van der Waals surface area contributed by atoms with E-state index in [1.54, 1.807) is 0 Å². The van der Waals surface area contributed by atoms with Gasteiger partial charge in [0, 0.05) is 49.2 Å². The van der Waals surface area contributed by atoms with Crippen molar-refractivity contribution in [2.75, 3.05) is 43.4 Å². The number of anilines is 2. The molecule has 2 aromatic carbocycles. The standard InChI is InChI=1S/C21H23F2N3O/c1-15-14-16(26-12-10-25(2)11-13-26)6-8-20(15)24-21(27)9-7-17-18(22)4-3-5-19(17)23/h3-9,14H,10-13H2,1-2H3,(H,24,27)/b9-7+. The number of nitrogens with zero attached hydrogens (tertiary/aromatic N) is 2. The van der Waals surface area contributed by atoms with Crippen LogP contribution in [0.25, 0.3) is 6.08 Å². The summed E-state index contributed by atoms with van der Waals surface area (Å²) < 4.78 is 27.2. The summed E-state index contributed by atoms with van der Waals surface area (Å²) in [5.41, 5.74) is 2.51. The predicted octanol–water partition coefficient (Wildman–Crippen LogP) is 3.68. The average molecular weight is 371 g/mol. The van der Waals surface area contributed by atoms with Gasteiger partial charge in [-0.25, -0.2) is 8.78 Å². The van der Waals surface area contributed by atoms with Crippen LogP contribution in [0.2, 0.25) is 0 Å². The maximum absolute atomic E-state index is 13.6. The van der Waals surface area contributed by atoms with Crippen molar-refractivity contribution in [2.45, 2.75) is 6.92 Å². The highest BCUT2D eigenvalue weighted by molar-refractivity contribution is 6.02. The van der Waals surface area contributed by atoms with E-state index in [0.717, 1.165) is 61.7 Å². The number of aryl methyl sites for hydroxylation is 1. The maximum atomic E-state index is 13.6. The Morgan fingerprint density at radius 3 is 2.37 bits per heavy atom. The van der Waals surface area contributed by atoms with Gasteiger partial charge in [0.25, 0.3) is 0 Å². The van der Waals surface area contributed by atoms with Crippen molar-refractivity contribution < 1.29 is 13.6 Å². The zero-order chi connectivity index (χ0) is 19.4. The van der Waals surface area contributed by atoms with Crippen LogP contribution in [-0.4, -0.2) is 44.0 Å².